The number of aromatic nitrogens is 1. The van der Waals surface area contributed by atoms with E-state index in [4.69, 9.17) is 9.47 Å². The first-order chi connectivity index (χ1) is 12.8. The lowest BCUT2D eigenvalue weighted by Gasteiger charge is -2.12. The zero-order chi connectivity index (χ0) is 18.2. The van der Waals surface area contributed by atoms with Gasteiger partial charge in [-0.2, -0.15) is 0 Å². The van der Waals surface area contributed by atoms with Gasteiger partial charge >= 0.3 is 0 Å². The summed E-state index contributed by atoms with van der Waals surface area (Å²) in [6.07, 6.45) is 4.05. The van der Waals surface area contributed by atoms with Gasteiger partial charge in [0.15, 0.2) is 0 Å². The molecule has 3 aromatic rings. The van der Waals surface area contributed by atoms with Gasteiger partial charge < -0.3 is 14.7 Å². The van der Waals surface area contributed by atoms with E-state index in [1.807, 2.05) is 60.7 Å². The zero-order valence-electron chi connectivity index (χ0n) is 14.5. The Hall–Kier alpha value is -3.34. The molecule has 0 aliphatic heterocycles. The van der Waals surface area contributed by atoms with Crippen LogP contribution in [0.3, 0.4) is 0 Å². The number of benzene rings is 2. The van der Waals surface area contributed by atoms with E-state index in [0.29, 0.717) is 18.7 Å². The molecule has 1 heterocycles. The molecule has 0 fully saturated rings. The van der Waals surface area contributed by atoms with Crippen molar-refractivity contribution in [3.63, 3.8) is 0 Å². The molecule has 0 atom stereocenters. The molecule has 0 radical (unpaired) electrons. The SMILES string of the molecule is COc1ccc(OCCc2ccccc2C(=NO)c2cccnc2)cc1. The quantitative estimate of drug-likeness (QED) is 0.399. The first-order valence-electron chi connectivity index (χ1n) is 8.29. The van der Waals surface area contributed by atoms with Crippen LogP contribution in [0.4, 0.5) is 0 Å². The predicted octanol–water partition coefficient (Wildman–Crippen LogP) is 3.94. The molecule has 0 aliphatic carbocycles. The second kappa shape index (κ2) is 8.67. The predicted molar refractivity (Wildman–Crippen MR) is 100 cm³/mol. The fourth-order valence-electron chi connectivity index (χ4n) is 2.69. The van der Waals surface area contributed by atoms with Crippen molar-refractivity contribution < 1.29 is 14.7 Å². The van der Waals surface area contributed by atoms with Crippen molar-refractivity contribution in [2.45, 2.75) is 6.42 Å². The second-order valence-electron chi connectivity index (χ2n) is 5.62. The van der Waals surface area contributed by atoms with Crippen LogP contribution < -0.4 is 9.47 Å². The summed E-state index contributed by atoms with van der Waals surface area (Å²) in [4.78, 5) is 4.10. The molecule has 1 N–H and O–H groups in total. The van der Waals surface area contributed by atoms with E-state index in [1.54, 1.807) is 19.5 Å². The third-order valence-electron chi connectivity index (χ3n) is 4.01. The molecule has 0 bridgehead atoms. The van der Waals surface area contributed by atoms with Gasteiger partial charge in [-0.05, 0) is 42.0 Å². The van der Waals surface area contributed by atoms with Crippen LogP contribution in [0, 0.1) is 0 Å². The van der Waals surface area contributed by atoms with Crippen LogP contribution in [-0.2, 0) is 6.42 Å². The number of rotatable bonds is 7. The Bertz CT molecular complexity index is 862. The molecule has 2 aromatic carbocycles. The van der Waals surface area contributed by atoms with Crippen molar-refractivity contribution >= 4 is 5.71 Å². The Morgan fingerprint density at radius 2 is 1.77 bits per heavy atom. The van der Waals surface area contributed by atoms with Crippen molar-refractivity contribution in [2.24, 2.45) is 5.16 Å². The molecule has 5 heteroatoms. The topological polar surface area (TPSA) is 63.9 Å². The minimum atomic E-state index is 0.498. The molecule has 0 saturated carbocycles. The van der Waals surface area contributed by atoms with Crippen LogP contribution in [-0.4, -0.2) is 29.6 Å². The molecule has 1 aromatic heterocycles. The van der Waals surface area contributed by atoms with E-state index in [1.165, 1.54) is 0 Å². The molecule has 132 valence electrons. The fourth-order valence-corrected chi connectivity index (χ4v) is 2.69. The maximum atomic E-state index is 9.53. The molecule has 5 nitrogen and oxygen atoms in total. The summed E-state index contributed by atoms with van der Waals surface area (Å²) >= 11 is 0. The highest BCUT2D eigenvalue weighted by Gasteiger charge is 2.12. The normalized spacial score (nSPS) is 11.2. The van der Waals surface area contributed by atoms with Crippen molar-refractivity contribution in [3.8, 4) is 11.5 Å². The molecule has 3 rings (SSSR count). The minimum absolute atomic E-state index is 0.498. The molecule has 0 amide bonds. The first kappa shape index (κ1) is 17.5. The van der Waals surface area contributed by atoms with Gasteiger partial charge in [0, 0.05) is 29.9 Å². The van der Waals surface area contributed by atoms with Crippen LogP contribution >= 0.6 is 0 Å². The summed E-state index contributed by atoms with van der Waals surface area (Å²) in [6, 6.07) is 19.0. The van der Waals surface area contributed by atoms with Gasteiger partial charge in [-0.25, -0.2) is 0 Å². The van der Waals surface area contributed by atoms with Crippen molar-refractivity contribution in [1.29, 1.82) is 0 Å². The van der Waals surface area contributed by atoms with E-state index >= 15 is 0 Å². The number of hydrogen-bond acceptors (Lipinski definition) is 5. The fraction of sp³-hybridized carbons (Fsp3) is 0.143. The van der Waals surface area contributed by atoms with Gasteiger partial charge in [0.1, 0.15) is 17.2 Å². The van der Waals surface area contributed by atoms with Gasteiger partial charge in [-0.1, -0.05) is 29.4 Å². The van der Waals surface area contributed by atoms with E-state index in [2.05, 4.69) is 10.1 Å². The van der Waals surface area contributed by atoms with Gasteiger partial charge in [-0.15, -0.1) is 0 Å². The summed E-state index contributed by atoms with van der Waals surface area (Å²) in [5, 5.41) is 13.0. The number of pyridine rings is 1. The molecule has 0 unspecified atom stereocenters. The lowest BCUT2D eigenvalue weighted by Crippen LogP contribution is -2.10. The highest BCUT2D eigenvalue weighted by molar-refractivity contribution is 6.13. The monoisotopic (exact) mass is 348 g/mol. The molecular weight excluding hydrogens is 328 g/mol. The van der Waals surface area contributed by atoms with Crippen molar-refractivity contribution in [2.75, 3.05) is 13.7 Å². The summed E-state index contributed by atoms with van der Waals surface area (Å²) in [7, 11) is 1.63. The number of nitrogens with zero attached hydrogens (tertiary/aromatic N) is 2. The summed E-state index contributed by atoms with van der Waals surface area (Å²) in [6.45, 7) is 0.509. The minimum Gasteiger partial charge on any atom is -0.497 e. The van der Waals surface area contributed by atoms with Crippen LogP contribution in [0.5, 0.6) is 11.5 Å². The summed E-state index contributed by atoms with van der Waals surface area (Å²) in [5.74, 6) is 1.58. The zero-order valence-corrected chi connectivity index (χ0v) is 14.5. The Morgan fingerprint density at radius 3 is 2.46 bits per heavy atom. The highest BCUT2D eigenvalue weighted by Crippen LogP contribution is 2.19. The van der Waals surface area contributed by atoms with E-state index < -0.39 is 0 Å². The lowest BCUT2D eigenvalue weighted by atomic mass is 9.97. The van der Waals surface area contributed by atoms with Crippen molar-refractivity contribution in [1.82, 2.24) is 4.98 Å². The standard InChI is InChI=1S/C21H20N2O3/c1-25-18-8-10-19(11-9-18)26-14-12-16-5-2-3-7-20(16)21(23-24)17-6-4-13-22-15-17/h2-11,13,15,24H,12,14H2,1H3. The van der Waals surface area contributed by atoms with Gasteiger partial charge in [0.25, 0.3) is 0 Å². The second-order valence-corrected chi connectivity index (χ2v) is 5.62. The summed E-state index contributed by atoms with van der Waals surface area (Å²) in [5.41, 5.74) is 3.16. The highest BCUT2D eigenvalue weighted by atomic mass is 16.5. The molecule has 0 saturated heterocycles. The van der Waals surface area contributed by atoms with E-state index in [0.717, 1.165) is 28.2 Å². The molecule has 0 aliphatic rings. The van der Waals surface area contributed by atoms with Gasteiger partial charge in [-0.3, -0.25) is 4.98 Å². The number of hydrogen-bond donors (Lipinski definition) is 1. The molecule has 26 heavy (non-hydrogen) atoms. The van der Waals surface area contributed by atoms with Crippen LogP contribution in [0.25, 0.3) is 0 Å². The maximum Gasteiger partial charge on any atom is 0.119 e. The third kappa shape index (κ3) is 4.19. The average molecular weight is 348 g/mol. The van der Waals surface area contributed by atoms with E-state index in [-0.39, 0.29) is 0 Å². The van der Waals surface area contributed by atoms with Crippen LogP contribution in [0.2, 0.25) is 0 Å². The van der Waals surface area contributed by atoms with Gasteiger partial charge in [0.2, 0.25) is 0 Å². The Morgan fingerprint density at radius 1 is 1.00 bits per heavy atom. The first-order valence-corrected chi connectivity index (χ1v) is 8.29. The maximum absolute atomic E-state index is 9.53. The summed E-state index contributed by atoms with van der Waals surface area (Å²) < 4.78 is 11.0. The number of ether oxygens (including phenoxy) is 2. The molecular formula is C21H20N2O3. The number of methoxy groups -OCH3 is 1. The Kier molecular flexibility index (Phi) is 5.83. The van der Waals surface area contributed by atoms with Gasteiger partial charge in [0.05, 0.1) is 13.7 Å². The number of oxime groups is 1. The smallest absolute Gasteiger partial charge is 0.119 e. The van der Waals surface area contributed by atoms with Crippen molar-refractivity contribution in [3.05, 3.63) is 89.7 Å². The molecule has 0 spiro atoms. The largest absolute Gasteiger partial charge is 0.497 e. The Labute approximate surface area is 152 Å². The van der Waals surface area contributed by atoms with Crippen LogP contribution in [0.1, 0.15) is 16.7 Å². The Balaban J connectivity index is 1.72. The average Bonchev–Trinajstić information content (AvgIpc) is 2.71. The third-order valence-corrected chi connectivity index (χ3v) is 4.01. The lowest BCUT2D eigenvalue weighted by molar-refractivity contribution is 0.318. The van der Waals surface area contributed by atoms with Crippen LogP contribution in [0.15, 0.2) is 78.2 Å². The van der Waals surface area contributed by atoms with E-state index in [9.17, 15) is 5.21 Å².